The summed E-state index contributed by atoms with van der Waals surface area (Å²) < 4.78 is 0. The molecule has 1 heterocycles. The van der Waals surface area contributed by atoms with Crippen LogP contribution < -0.4 is 0 Å². The van der Waals surface area contributed by atoms with Crippen molar-refractivity contribution in [2.75, 3.05) is 0 Å². The fourth-order valence-corrected chi connectivity index (χ4v) is 1.71. The fraction of sp³-hybridized carbons (Fsp3) is 0.214. The van der Waals surface area contributed by atoms with E-state index in [4.69, 9.17) is 0 Å². The van der Waals surface area contributed by atoms with Gasteiger partial charge in [-0.3, -0.25) is 0 Å². The lowest BCUT2D eigenvalue weighted by atomic mass is 10.0. The summed E-state index contributed by atoms with van der Waals surface area (Å²) >= 11 is 0. The summed E-state index contributed by atoms with van der Waals surface area (Å²) in [5.74, 6) is 0. The summed E-state index contributed by atoms with van der Waals surface area (Å²) in [6, 6.07) is 6.36. The fourth-order valence-electron chi connectivity index (χ4n) is 1.71. The van der Waals surface area contributed by atoms with Crippen molar-refractivity contribution >= 4 is 11.6 Å². The molecule has 2 nitrogen and oxygen atoms in total. The number of H-pyrrole nitrogens is 1. The number of hydrogen-bond acceptors (Lipinski definition) is 1. The Bertz CT molecular complexity index is 508. The molecule has 2 heteroatoms. The van der Waals surface area contributed by atoms with Crippen LogP contribution in [0.3, 0.4) is 0 Å². The lowest BCUT2D eigenvalue weighted by Gasteiger charge is -2.05. The van der Waals surface area contributed by atoms with E-state index in [0.29, 0.717) is 0 Å². The van der Waals surface area contributed by atoms with Crippen LogP contribution in [0.5, 0.6) is 0 Å². The Kier molecular flexibility index (Phi) is 2.91. The van der Waals surface area contributed by atoms with Crippen LogP contribution in [-0.4, -0.2) is 9.97 Å². The Morgan fingerprint density at radius 2 is 2.12 bits per heavy atom. The van der Waals surface area contributed by atoms with Crippen molar-refractivity contribution in [2.24, 2.45) is 0 Å². The molecule has 16 heavy (non-hydrogen) atoms. The number of aromatic nitrogens is 2. The van der Waals surface area contributed by atoms with Crippen LogP contribution in [0.15, 0.2) is 30.7 Å². The molecule has 1 N–H and O–H groups in total. The molecular formula is C14H16N2. The van der Waals surface area contributed by atoms with Crippen molar-refractivity contribution < 1.29 is 0 Å². The van der Waals surface area contributed by atoms with Gasteiger partial charge in [0.25, 0.3) is 0 Å². The first-order valence-corrected chi connectivity index (χ1v) is 5.42. The van der Waals surface area contributed by atoms with E-state index in [1.807, 2.05) is 6.20 Å². The highest BCUT2D eigenvalue weighted by molar-refractivity contribution is 5.79. The number of hydrogen-bond donors (Lipinski definition) is 1. The van der Waals surface area contributed by atoms with Crippen LogP contribution in [0.4, 0.5) is 0 Å². The zero-order valence-electron chi connectivity index (χ0n) is 9.91. The van der Waals surface area contributed by atoms with E-state index in [1.165, 1.54) is 22.3 Å². The van der Waals surface area contributed by atoms with Crippen LogP contribution in [-0.2, 0) is 0 Å². The van der Waals surface area contributed by atoms with Crippen molar-refractivity contribution in [3.05, 3.63) is 53.1 Å². The highest BCUT2D eigenvalue weighted by Gasteiger charge is 2.01. The van der Waals surface area contributed by atoms with Gasteiger partial charge in [-0.1, -0.05) is 18.2 Å². The Labute approximate surface area is 96.1 Å². The normalized spacial score (nSPS) is 11.8. The molecule has 1 aromatic carbocycles. The Morgan fingerprint density at radius 1 is 1.31 bits per heavy atom. The summed E-state index contributed by atoms with van der Waals surface area (Å²) in [5, 5.41) is 0. The predicted molar refractivity (Wildman–Crippen MR) is 68.0 cm³/mol. The van der Waals surface area contributed by atoms with Crippen LogP contribution in [0.2, 0.25) is 0 Å². The quantitative estimate of drug-likeness (QED) is 0.809. The molecule has 1 aromatic heterocycles. The van der Waals surface area contributed by atoms with E-state index in [2.05, 4.69) is 55.0 Å². The van der Waals surface area contributed by atoms with E-state index in [1.54, 1.807) is 6.33 Å². The first-order chi connectivity index (χ1) is 7.68. The van der Waals surface area contributed by atoms with Gasteiger partial charge in [0, 0.05) is 6.20 Å². The SMILES string of the molecule is C/C(=C\c1cccc(C)c1C)c1c[nH]cn1. The minimum atomic E-state index is 1.00. The van der Waals surface area contributed by atoms with Gasteiger partial charge in [0.05, 0.1) is 12.0 Å². The standard InChI is InChI=1S/C14H16N2/c1-10-5-4-6-13(12(10)3)7-11(2)14-8-15-9-16-14/h4-9H,1-3H3,(H,15,16)/b11-7+. The van der Waals surface area contributed by atoms with Gasteiger partial charge in [-0.25, -0.2) is 4.98 Å². The minimum absolute atomic E-state index is 1.00. The topological polar surface area (TPSA) is 28.7 Å². The van der Waals surface area contributed by atoms with Gasteiger partial charge < -0.3 is 4.98 Å². The van der Waals surface area contributed by atoms with E-state index in [9.17, 15) is 0 Å². The Morgan fingerprint density at radius 3 is 2.81 bits per heavy atom. The average Bonchev–Trinajstić information content (AvgIpc) is 2.78. The summed E-state index contributed by atoms with van der Waals surface area (Å²) in [4.78, 5) is 7.21. The number of allylic oxidation sites excluding steroid dienone is 1. The molecule has 0 saturated carbocycles. The van der Waals surface area contributed by atoms with Gasteiger partial charge in [-0.05, 0) is 49.1 Å². The zero-order chi connectivity index (χ0) is 11.5. The first kappa shape index (κ1) is 10.7. The smallest absolute Gasteiger partial charge is 0.0927 e. The molecule has 0 unspecified atom stereocenters. The predicted octanol–water partition coefficient (Wildman–Crippen LogP) is 3.59. The molecule has 0 saturated heterocycles. The van der Waals surface area contributed by atoms with Crippen molar-refractivity contribution in [1.82, 2.24) is 9.97 Å². The molecule has 0 atom stereocenters. The Hall–Kier alpha value is -1.83. The first-order valence-electron chi connectivity index (χ1n) is 5.42. The average molecular weight is 212 g/mol. The van der Waals surface area contributed by atoms with Crippen molar-refractivity contribution in [3.8, 4) is 0 Å². The van der Waals surface area contributed by atoms with Gasteiger partial charge in [0.15, 0.2) is 0 Å². The van der Waals surface area contributed by atoms with Gasteiger partial charge in [0.2, 0.25) is 0 Å². The molecule has 2 rings (SSSR count). The maximum atomic E-state index is 4.24. The molecule has 0 spiro atoms. The van der Waals surface area contributed by atoms with Gasteiger partial charge >= 0.3 is 0 Å². The number of benzene rings is 1. The lowest BCUT2D eigenvalue weighted by Crippen LogP contribution is -1.86. The third-order valence-corrected chi connectivity index (χ3v) is 2.92. The van der Waals surface area contributed by atoms with E-state index < -0.39 is 0 Å². The van der Waals surface area contributed by atoms with Crippen LogP contribution in [0.1, 0.15) is 29.3 Å². The highest BCUT2D eigenvalue weighted by Crippen LogP contribution is 2.19. The maximum absolute atomic E-state index is 4.24. The molecular weight excluding hydrogens is 196 g/mol. The molecule has 0 aliphatic heterocycles. The monoisotopic (exact) mass is 212 g/mol. The second-order valence-corrected chi connectivity index (χ2v) is 4.07. The van der Waals surface area contributed by atoms with Crippen LogP contribution in [0, 0.1) is 13.8 Å². The summed E-state index contributed by atoms with van der Waals surface area (Å²) in [6.07, 6.45) is 5.80. The molecule has 82 valence electrons. The number of nitrogens with zero attached hydrogens (tertiary/aromatic N) is 1. The maximum Gasteiger partial charge on any atom is 0.0927 e. The number of imidazole rings is 1. The van der Waals surface area contributed by atoms with Crippen LogP contribution in [0.25, 0.3) is 11.6 Å². The van der Waals surface area contributed by atoms with Crippen molar-refractivity contribution in [3.63, 3.8) is 0 Å². The summed E-state index contributed by atoms with van der Waals surface area (Å²) in [5.41, 5.74) is 6.09. The minimum Gasteiger partial charge on any atom is -0.351 e. The number of aryl methyl sites for hydroxylation is 1. The Balaban J connectivity index is 2.40. The van der Waals surface area contributed by atoms with E-state index in [0.717, 1.165) is 5.69 Å². The molecule has 0 fully saturated rings. The molecule has 0 radical (unpaired) electrons. The van der Waals surface area contributed by atoms with Crippen LogP contribution >= 0.6 is 0 Å². The second-order valence-electron chi connectivity index (χ2n) is 4.07. The molecule has 0 aliphatic rings. The lowest BCUT2D eigenvalue weighted by molar-refractivity contribution is 1.29. The van der Waals surface area contributed by atoms with Gasteiger partial charge in [-0.15, -0.1) is 0 Å². The number of nitrogens with one attached hydrogen (secondary N) is 1. The molecule has 2 aromatic rings. The van der Waals surface area contributed by atoms with Gasteiger partial charge in [-0.2, -0.15) is 0 Å². The summed E-state index contributed by atoms with van der Waals surface area (Å²) in [6.45, 7) is 6.37. The van der Waals surface area contributed by atoms with Crippen molar-refractivity contribution in [1.29, 1.82) is 0 Å². The number of aromatic amines is 1. The highest BCUT2D eigenvalue weighted by atomic mass is 14.9. The van der Waals surface area contributed by atoms with Crippen molar-refractivity contribution in [2.45, 2.75) is 20.8 Å². The van der Waals surface area contributed by atoms with E-state index >= 15 is 0 Å². The molecule has 0 aliphatic carbocycles. The largest absolute Gasteiger partial charge is 0.351 e. The zero-order valence-corrected chi connectivity index (χ0v) is 9.91. The molecule has 0 amide bonds. The third-order valence-electron chi connectivity index (χ3n) is 2.92. The van der Waals surface area contributed by atoms with E-state index in [-0.39, 0.29) is 0 Å². The third kappa shape index (κ3) is 2.06. The van der Waals surface area contributed by atoms with Gasteiger partial charge in [0.1, 0.15) is 0 Å². The summed E-state index contributed by atoms with van der Waals surface area (Å²) in [7, 11) is 0. The number of rotatable bonds is 2. The second kappa shape index (κ2) is 4.35. The molecule has 0 bridgehead atoms.